The van der Waals surface area contributed by atoms with Gasteiger partial charge < -0.3 is 15.1 Å². The van der Waals surface area contributed by atoms with Crippen molar-refractivity contribution in [2.75, 3.05) is 45.8 Å². The smallest absolute Gasteiger partial charge is 0.0965 e. The van der Waals surface area contributed by atoms with Gasteiger partial charge >= 0.3 is 0 Å². The normalized spacial score (nSPS) is 12.8. The highest BCUT2D eigenvalue weighted by Gasteiger charge is 2.09. The van der Waals surface area contributed by atoms with Gasteiger partial charge in [-0.3, -0.25) is 0 Å². The fourth-order valence-electron chi connectivity index (χ4n) is 2.33. The van der Waals surface area contributed by atoms with Crippen molar-refractivity contribution in [3.8, 4) is 6.07 Å². The summed E-state index contributed by atoms with van der Waals surface area (Å²) < 4.78 is 0. The molecule has 0 radical (unpaired) electrons. The summed E-state index contributed by atoms with van der Waals surface area (Å²) in [6.07, 6.45) is 3.23. The van der Waals surface area contributed by atoms with Crippen molar-refractivity contribution in [2.45, 2.75) is 53.0 Å². The second-order valence-corrected chi connectivity index (χ2v) is 5.24. The van der Waals surface area contributed by atoms with Gasteiger partial charge in [-0.15, -0.1) is 0 Å². The highest BCUT2D eigenvalue weighted by molar-refractivity contribution is 4.90. The predicted octanol–water partition coefficient (Wildman–Crippen LogP) is 2.32. The molecule has 4 heteroatoms. The van der Waals surface area contributed by atoms with E-state index in [0.717, 1.165) is 52.1 Å². The number of hydrogen-bond donors (Lipinski definition) is 1. The molecule has 1 atom stereocenters. The molecule has 0 aliphatic carbocycles. The number of nitriles is 1. The van der Waals surface area contributed by atoms with E-state index in [0.29, 0.717) is 0 Å². The Balaban J connectivity index is 3.88. The third-order valence-electron chi connectivity index (χ3n) is 3.82. The van der Waals surface area contributed by atoms with Crippen LogP contribution in [0.1, 0.15) is 47.0 Å². The van der Waals surface area contributed by atoms with Crippen molar-refractivity contribution in [3.63, 3.8) is 0 Å². The van der Waals surface area contributed by atoms with Crippen LogP contribution in [0.5, 0.6) is 0 Å². The molecule has 118 valence electrons. The largest absolute Gasteiger partial charge is 0.304 e. The van der Waals surface area contributed by atoms with Gasteiger partial charge in [0.05, 0.1) is 12.1 Å². The number of rotatable bonds is 13. The Kier molecular flexibility index (Phi) is 12.9. The molecule has 0 aromatic heterocycles. The van der Waals surface area contributed by atoms with E-state index >= 15 is 0 Å². The minimum atomic E-state index is 0.00628. The number of hydrogen-bond acceptors (Lipinski definition) is 4. The first-order chi connectivity index (χ1) is 9.71. The Hall–Kier alpha value is -0.630. The van der Waals surface area contributed by atoms with Gasteiger partial charge in [0.25, 0.3) is 0 Å². The van der Waals surface area contributed by atoms with Crippen LogP contribution in [0.15, 0.2) is 0 Å². The van der Waals surface area contributed by atoms with Gasteiger partial charge in [0.1, 0.15) is 0 Å². The van der Waals surface area contributed by atoms with E-state index in [9.17, 15) is 0 Å². The SMILES string of the molecule is CCCNC(C#N)CCN(CC)CCCN(CC)CC. The van der Waals surface area contributed by atoms with Crippen molar-refractivity contribution < 1.29 is 0 Å². The molecule has 0 aromatic carbocycles. The summed E-state index contributed by atoms with van der Waals surface area (Å²) in [4.78, 5) is 4.93. The van der Waals surface area contributed by atoms with E-state index in [1.807, 2.05) is 0 Å². The predicted molar refractivity (Wildman–Crippen MR) is 86.8 cm³/mol. The van der Waals surface area contributed by atoms with Gasteiger partial charge in [-0.05, 0) is 58.5 Å². The fourth-order valence-corrected chi connectivity index (χ4v) is 2.33. The van der Waals surface area contributed by atoms with Crippen LogP contribution >= 0.6 is 0 Å². The summed E-state index contributed by atoms with van der Waals surface area (Å²) in [5.41, 5.74) is 0. The van der Waals surface area contributed by atoms with Crippen LogP contribution in [0, 0.1) is 11.3 Å². The second-order valence-electron chi connectivity index (χ2n) is 5.24. The molecule has 1 unspecified atom stereocenters. The van der Waals surface area contributed by atoms with Crippen molar-refractivity contribution in [2.24, 2.45) is 0 Å². The standard InChI is InChI=1S/C16H34N4/c1-5-11-18-16(15-17)10-14-20(8-4)13-9-12-19(6-2)7-3/h16,18H,5-14H2,1-4H3. The molecule has 0 aliphatic heterocycles. The maximum Gasteiger partial charge on any atom is 0.0965 e. The minimum Gasteiger partial charge on any atom is -0.304 e. The summed E-state index contributed by atoms with van der Waals surface area (Å²) in [5, 5.41) is 12.4. The van der Waals surface area contributed by atoms with E-state index < -0.39 is 0 Å². The summed E-state index contributed by atoms with van der Waals surface area (Å²) in [6.45, 7) is 16.4. The molecule has 0 fully saturated rings. The van der Waals surface area contributed by atoms with Gasteiger partial charge in [-0.2, -0.15) is 5.26 Å². The first-order valence-electron chi connectivity index (χ1n) is 8.29. The summed E-state index contributed by atoms with van der Waals surface area (Å²) >= 11 is 0. The molecule has 0 spiro atoms. The van der Waals surface area contributed by atoms with Crippen molar-refractivity contribution in [1.29, 1.82) is 5.26 Å². The lowest BCUT2D eigenvalue weighted by Gasteiger charge is -2.24. The summed E-state index contributed by atoms with van der Waals surface area (Å²) in [6, 6.07) is 2.37. The number of nitrogens with zero attached hydrogens (tertiary/aromatic N) is 3. The first-order valence-corrected chi connectivity index (χ1v) is 8.29. The van der Waals surface area contributed by atoms with Gasteiger partial charge in [0.15, 0.2) is 0 Å². The van der Waals surface area contributed by atoms with E-state index in [4.69, 9.17) is 5.26 Å². The molecule has 0 heterocycles. The van der Waals surface area contributed by atoms with Gasteiger partial charge in [-0.1, -0.05) is 27.7 Å². The van der Waals surface area contributed by atoms with Crippen LogP contribution in [0.3, 0.4) is 0 Å². The van der Waals surface area contributed by atoms with Crippen LogP contribution in [-0.2, 0) is 0 Å². The Morgan fingerprint density at radius 3 is 2.05 bits per heavy atom. The second kappa shape index (κ2) is 13.4. The average Bonchev–Trinajstić information content (AvgIpc) is 2.49. The fraction of sp³-hybridized carbons (Fsp3) is 0.938. The van der Waals surface area contributed by atoms with Gasteiger partial charge in [-0.25, -0.2) is 0 Å². The van der Waals surface area contributed by atoms with E-state index in [1.165, 1.54) is 13.0 Å². The first kappa shape index (κ1) is 19.4. The zero-order valence-electron chi connectivity index (χ0n) is 14.0. The monoisotopic (exact) mass is 282 g/mol. The van der Waals surface area contributed by atoms with Crippen LogP contribution in [0.25, 0.3) is 0 Å². The highest BCUT2D eigenvalue weighted by atomic mass is 15.1. The molecule has 20 heavy (non-hydrogen) atoms. The Labute approximate surface area is 126 Å². The molecule has 0 saturated carbocycles. The molecular weight excluding hydrogens is 248 g/mol. The maximum atomic E-state index is 9.11. The average molecular weight is 282 g/mol. The summed E-state index contributed by atoms with van der Waals surface area (Å²) in [7, 11) is 0. The van der Waals surface area contributed by atoms with Crippen molar-refractivity contribution >= 4 is 0 Å². The molecular formula is C16H34N4. The third kappa shape index (κ3) is 9.30. The summed E-state index contributed by atoms with van der Waals surface area (Å²) in [5.74, 6) is 0. The van der Waals surface area contributed by atoms with E-state index in [-0.39, 0.29) is 6.04 Å². The topological polar surface area (TPSA) is 42.3 Å². The molecule has 0 aliphatic rings. The molecule has 0 aromatic rings. The van der Waals surface area contributed by atoms with Crippen molar-refractivity contribution in [3.05, 3.63) is 0 Å². The lowest BCUT2D eigenvalue weighted by atomic mass is 10.2. The molecule has 0 bridgehead atoms. The molecule has 4 nitrogen and oxygen atoms in total. The van der Waals surface area contributed by atoms with Crippen LogP contribution in [-0.4, -0.2) is 61.7 Å². The Bertz CT molecular complexity index is 245. The van der Waals surface area contributed by atoms with E-state index in [2.05, 4.69) is 48.9 Å². The molecule has 1 N–H and O–H groups in total. The molecule has 0 amide bonds. The maximum absolute atomic E-state index is 9.11. The van der Waals surface area contributed by atoms with Gasteiger partial charge in [0.2, 0.25) is 0 Å². The lowest BCUT2D eigenvalue weighted by Crippen LogP contribution is -2.35. The zero-order valence-corrected chi connectivity index (χ0v) is 14.0. The van der Waals surface area contributed by atoms with Crippen molar-refractivity contribution in [1.82, 2.24) is 15.1 Å². The zero-order chi connectivity index (χ0) is 15.2. The van der Waals surface area contributed by atoms with Gasteiger partial charge in [0, 0.05) is 6.54 Å². The van der Waals surface area contributed by atoms with Crippen LogP contribution in [0.2, 0.25) is 0 Å². The Morgan fingerprint density at radius 2 is 1.55 bits per heavy atom. The highest BCUT2D eigenvalue weighted by Crippen LogP contribution is 1.99. The van der Waals surface area contributed by atoms with E-state index in [1.54, 1.807) is 0 Å². The number of nitrogens with one attached hydrogen (secondary N) is 1. The molecule has 0 saturated heterocycles. The quantitative estimate of drug-likeness (QED) is 0.563. The van der Waals surface area contributed by atoms with Crippen LogP contribution in [0.4, 0.5) is 0 Å². The molecule has 0 rings (SSSR count). The lowest BCUT2D eigenvalue weighted by molar-refractivity contribution is 0.238. The Morgan fingerprint density at radius 1 is 0.950 bits per heavy atom. The third-order valence-corrected chi connectivity index (χ3v) is 3.82. The minimum absolute atomic E-state index is 0.00628. The van der Waals surface area contributed by atoms with Crippen LogP contribution < -0.4 is 5.32 Å².